The van der Waals surface area contributed by atoms with E-state index in [4.69, 9.17) is 15.2 Å². The van der Waals surface area contributed by atoms with E-state index < -0.39 is 11.7 Å². The molecule has 0 unspecified atom stereocenters. The number of halogens is 1. The van der Waals surface area contributed by atoms with Crippen molar-refractivity contribution < 1.29 is 18.7 Å². The number of methoxy groups -OCH3 is 1. The van der Waals surface area contributed by atoms with E-state index >= 15 is 0 Å². The van der Waals surface area contributed by atoms with Gasteiger partial charge >= 0.3 is 0 Å². The number of hydrogen-bond acceptors (Lipinski definition) is 7. The van der Waals surface area contributed by atoms with Gasteiger partial charge < -0.3 is 25.5 Å². The van der Waals surface area contributed by atoms with Crippen LogP contribution in [0.2, 0.25) is 0 Å². The van der Waals surface area contributed by atoms with Gasteiger partial charge in [-0.15, -0.1) is 11.3 Å². The molecule has 0 radical (unpaired) electrons. The highest BCUT2D eigenvalue weighted by atomic mass is 32.1. The van der Waals surface area contributed by atoms with Crippen molar-refractivity contribution in [2.75, 3.05) is 20.3 Å². The van der Waals surface area contributed by atoms with Crippen molar-refractivity contribution in [1.29, 1.82) is 0 Å². The number of benzene rings is 1. The first-order valence-corrected chi connectivity index (χ1v) is 12.2. The molecule has 1 aliphatic carbocycles. The second-order valence-corrected chi connectivity index (χ2v) is 9.50. The van der Waals surface area contributed by atoms with Gasteiger partial charge in [0.05, 0.1) is 19.1 Å². The molecule has 10 heteroatoms. The summed E-state index contributed by atoms with van der Waals surface area (Å²) in [5.41, 5.74) is 6.81. The Kier molecular flexibility index (Phi) is 7.91. The van der Waals surface area contributed by atoms with Gasteiger partial charge in [0, 0.05) is 18.7 Å². The number of ether oxygens (including phenoxy) is 2. The van der Waals surface area contributed by atoms with Gasteiger partial charge in [0.25, 0.3) is 11.5 Å². The second-order valence-electron chi connectivity index (χ2n) is 8.64. The van der Waals surface area contributed by atoms with Gasteiger partial charge in [-0.05, 0) is 67.1 Å². The Bertz CT molecular complexity index is 1200. The molecule has 3 aromatic rings. The van der Waals surface area contributed by atoms with E-state index in [9.17, 15) is 14.0 Å². The van der Waals surface area contributed by atoms with E-state index in [-0.39, 0.29) is 23.7 Å². The number of nitrogens with one attached hydrogen (secondary N) is 2. The van der Waals surface area contributed by atoms with E-state index in [1.54, 1.807) is 6.07 Å². The summed E-state index contributed by atoms with van der Waals surface area (Å²) in [6.45, 7) is 1.88. The van der Waals surface area contributed by atoms with Crippen molar-refractivity contribution in [3.05, 3.63) is 56.7 Å². The van der Waals surface area contributed by atoms with Crippen LogP contribution in [0.3, 0.4) is 0 Å². The zero-order valence-corrected chi connectivity index (χ0v) is 19.9. The molecule has 1 aliphatic rings. The number of hydrogen-bond donors (Lipinski definition) is 3. The fourth-order valence-corrected chi connectivity index (χ4v) is 5.20. The lowest BCUT2D eigenvalue weighted by Crippen LogP contribution is -2.27. The van der Waals surface area contributed by atoms with Gasteiger partial charge in [-0.2, -0.15) is 0 Å². The van der Waals surface area contributed by atoms with Crippen molar-refractivity contribution in [2.45, 2.75) is 38.8 Å². The first-order valence-electron chi connectivity index (χ1n) is 11.4. The maximum absolute atomic E-state index is 13.6. The number of thiophene rings is 1. The Morgan fingerprint density at radius 3 is 2.79 bits per heavy atom. The largest absolute Gasteiger partial charge is 0.494 e. The molecule has 2 heterocycles. The van der Waals surface area contributed by atoms with Gasteiger partial charge in [-0.25, -0.2) is 9.37 Å². The number of carbonyl (C=O) groups is 1. The Hall–Kier alpha value is -2.82. The molecule has 4 rings (SSSR count). The van der Waals surface area contributed by atoms with Crippen molar-refractivity contribution in [3.8, 4) is 5.75 Å². The number of nitrogens with zero attached hydrogens (tertiary/aromatic N) is 1. The molecule has 4 N–H and O–H groups in total. The van der Waals surface area contributed by atoms with Crippen molar-refractivity contribution in [1.82, 2.24) is 15.3 Å². The summed E-state index contributed by atoms with van der Waals surface area (Å²) in [7, 11) is 1.37. The number of amides is 1. The summed E-state index contributed by atoms with van der Waals surface area (Å²) in [5, 5.41) is 4.99. The summed E-state index contributed by atoms with van der Waals surface area (Å²) in [6, 6.07) is 4.32. The second kappa shape index (κ2) is 11.1. The minimum atomic E-state index is -0.526. The Morgan fingerprint density at radius 1 is 1.29 bits per heavy atom. The number of rotatable bonds is 9. The quantitative estimate of drug-likeness (QED) is 0.425. The third-order valence-electron chi connectivity index (χ3n) is 6.31. The van der Waals surface area contributed by atoms with Gasteiger partial charge in [0.1, 0.15) is 4.83 Å². The molecular formula is C24H29FN4O4S. The molecule has 0 spiro atoms. The molecule has 8 nitrogen and oxygen atoms in total. The average Bonchev–Trinajstić information content (AvgIpc) is 3.27. The average molecular weight is 489 g/mol. The molecule has 0 bridgehead atoms. The molecule has 34 heavy (non-hydrogen) atoms. The first kappa shape index (κ1) is 24.3. The van der Waals surface area contributed by atoms with Crippen LogP contribution in [-0.2, 0) is 17.9 Å². The van der Waals surface area contributed by atoms with E-state index in [1.165, 1.54) is 30.6 Å². The number of aromatic amines is 1. The predicted octanol–water partition coefficient (Wildman–Crippen LogP) is 3.34. The third kappa shape index (κ3) is 5.63. The van der Waals surface area contributed by atoms with Crippen molar-refractivity contribution >= 4 is 27.5 Å². The normalized spacial score (nSPS) is 18.2. The monoisotopic (exact) mass is 488 g/mol. The molecule has 1 aromatic carbocycles. The summed E-state index contributed by atoms with van der Waals surface area (Å²) in [6.07, 6.45) is 4.54. The van der Waals surface area contributed by atoms with E-state index in [1.807, 2.05) is 5.38 Å². The third-order valence-corrected chi connectivity index (χ3v) is 7.24. The molecular weight excluding hydrogens is 459 g/mol. The Labute approximate surface area is 200 Å². The molecule has 1 fully saturated rings. The highest BCUT2D eigenvalue weighted by Crippen LogP contribution is 2.29. The number of aromatic nitrogens is 2. The van der Waals surface area contributed by atoms with Crippen LogP contribution >= 0.6 is 11.3 Å². The molecule has 182 valence electrons. The lowest BCUT2D eigenvalue weighted by atomic mass is 9.82. The van der Waals surface area contributed by atoms with Gasteiger partial charge in [0.2, 0.25) is 5.82 Å². The van der Waals surface area contributed by atoms with Crippen LogP contribution in [-0.4, -0.2) is 36.1 Å². The van der Waals surface area contributed by atoms with Crippen LogP contribution < -0.4 is 21.3 Å². The number of carbonyl (C=O) groups excluding carboxylic acids is 1. The molecule has 0 aliphatic heterocycles. The summed E-state index contributed by atoms with van der Waals surface area (Å²) in [5.74, 6) is 0.174. The zero-order valence-electron chi connectivity index (χ0n) is 19.1. The fourth-order valence-electron chi connectivity index (χ4n) is 4.27. The number of nitrogens with two attached hydrogens (primary N) is 1. The lowest BCUT2D eigenvalue weighted by molar-refractivity contribution is 0.0684. The lowest BCUT2D eigenvalue weighted by Gasteiger charge is -2.27. The Morgan fingerprint density at radius 2 is 2.06 bits per heavy atom. The zero-order chi connectivity index (χ0) is 24.1. The van der Waals surface area contributed by atoms with Crippen LogP contribution in [0, 0.1) is 17.7 Å². The van der Waals surface area contributed by atoms with Crippen LogP contribution in [0.4, 0.5) is 4.39 Å². The number of fused-ring (bicyclic) bond motifs is 1. The standard InChI is InChI=1S/C24H29FN4O4S/c1-32-19-8-16(6-7-18(19)25)10-27-23(31)21-28-22(30)20-17(13-34-24(20)29-21)12-33-11-15-4-2-14(9-26)3-5-15/h6-8,13-15H,2-5,9-12,26H2,1H3,(H,27,31)(H,28,29,30). The fraction of sp³-hybridized carbons (Fsp3) is 0.458. The van der Waals surface area contributed by atoms with E-state index in [0.29, 0.717) is 40.8 Å². The van der Waals surface area contributed by atoms with Gasteiger partial charge in [0.15, 0.2) is 11.6 Å². The van der Waals surface area contributed by atoms with Crippen LogP contribution in [0.5, 0.6) is 5.75 Å². The van der Waals surface area contributed by atoms with Crippen LogP contribution in [0.1, 0.15) is 47.4 Å². The van der Waals surface area contributed by atoms with Crippen LogP contribution in [0.25, 0.3) is 10.2 Å². The molecule has 2 aromatic heterocycles. The minimum absolute atomic E-state index is 0.0717. The molecule has 1 amide bonds. The van der Waals surface area contributed by atoms with Gasteiger partial charge in [-0.3, -0.25) is 9.59 Å². The molecule has 1 saturated carbocycles. The summed E-state index contributed by atoms with van der Waals surface area (Å²) >= 11 is 1.31. The first-order chi connectivity index (χ1) is 16.5. The topological polar surface area (TPSA) is 119 Å². The van der Waals surface area contributed by atoms with E-state index in [2.05, 4.69) is 15.3 Å². The maximum Gasteiger partial charge on any atom is 0.287 e. The highest BCUT2D eigenvalue weighted by molar-refractivity contribution is 7.16. The van der Waals surface area contributed by atoms with E-state index in [0.717, 1.165) is 37.8 Å². The molecule has 0 atom stereocenters. The Balaban J connectivity index is 1.36. The summed E-state index contributed by atoms with van der Waals surface area (Å²) in [4.78, 5) is 32.7. The SMILES string of the molecule is COc1cc(CNC(=O)c2nc3scc(COCC4CCC(CN)CC4)c3c(=O)[nH]2)ccc1F. The van der Waals surface area contributed by atoms with Gasteiger partial charge in [-0.1, -0.05) is 6.07 Å². The van der Waals surface area contributed by atoms with Crippen molar-refractivity contribution in [3.63, 3.8) is 0 Å². The molecule has 0 saturated heterocycles. The minimum Gasteiger partial charge on any atom is -0.494 e. The predicted molar refractivity (Wildman–Crippen MR) is 129 cm³/mol. The maximum atomic E-state index is 13.6. The highest BCUT2D eigenvalue weighted by Gasteiger charge is 2.21. The van der Waals surface area contributed by atoms with Crippen LogP contribution in [0.15, 0.2) is 28.4 Å². The summed E-state index contributed by atoms with van der Waals surface area (Å²) < 4.78 is 24.4. The smallest absolute Gasteiger partial charge is 0.287 e. The number of H-pyrrole nitrogens is 1. The van der Waals surface area contributed by atoms with Crippen molar-refractivity contribution in [2.24, 2.45) is 17.6 Å².